The van der Waals surface area contributed by atoms with E-state index in [0.29, 0.717) is 96.9 Å². The van der Waals surface area contributed by atoms with Gasteiger partial charge in [0.15, 0.2) is 0 Å². The molecule has 8 saturated carbocycles. The van der Waals surface area contributed by atoms with Crippen LogP contribution in [0.5, 0.6) is 0 Å². The fraction of sp³-hybridized carbons (Fsp3) is 0.833. The summed E-state index contributed by atoms with van der Waals surface area (Å²) >= 11 is 6.51. The molecule has 20 atom stereocenters. The van der Waals surface area contributed by atoms with Crippen LogP contribution in [0.25, 0.3) is 0 Å². The summed E-state index contributed by atoms with van der Waals surface area (Å²) in [4.78, 5) is 50.8. The number of hydrogen-bond acceptors (Lipinski definition) is 8. The highest BCUT2D eigenvalue weighted by Crippen LogP contribution is 2.70. The number of carbonyl (C=O) groups excluding carboxylic acids is 4. The largest absolute Gasteiger partial charge is 0.462 e. The van der Waals surface area contributed by atoms with Gasteiger partial charge in [-0.3, -0.25) is 19.2 Å². The number of aliphatic hydroxyl groups is 2. The van der Waals surface area contributed by atoms with E-state index < -0.39 is 0 Å². The van der Waals surface area contributed by atoms with Crippen LogP contribution in [0, 0.1) is 92.7 Å². The number of aliphatic hydroxyl groups excluding tert-OH is 2. The Morgan fingerprint density at radius 2 is 1.01 bits per heavy atom. The number of esters is 2. The number of carbonyl (C=O) groups is 4. The van der Waals surface area contributed by atoms with Gasteiger partial charge in [0, 0.05) is 25.9 Å². The van der Waals surface area contributed by atoms with Crippen molar-refractivity contribution in [3.63, 3.8) is 0 Å². The van der Waals surface area contributed by atoms with E-state index in [1.165, 1.54) is 25.7 Å². The lowest BCUT2D eigenvalue weighted by molar-refractivity contribution is -0.181. The average molecular weight is 1130 g/mol. The van der Waals surface area contributed by atoms with Crippen molar-refractivity contribution in [1.29, 1.82) is 0 Å². The zero-order valence-corrected chi connectivity index (χ0v) is 47.8. The Hall–Kier alpha value is -2.02. The molecule has 9 rings (SSSR count). The second-order valence-electron chi connectivity index (χ2n) is 26.4. The Bertz CT molecular complexity index is 1980. The lowest BCUT2D eigenvalue weighted by atomic mass is 9.43. The highest BCUT2D eigenvalue weighted by molar-refractivity contribution is 9.09. The van der Waals surface area contributed by atoms with Crippen molar-refractivity contribution < 1.29 is 38.9 Å². The molecule has 0 heterocycles. The van der Waals surface area contributed by atoms with Crippen LogP contribution >= 0.6 is 31.9 Å². The molecule has 72 heavy (non-hydrogen) atoms. The van der Waals surface area contributed by atoms with Gasteiger partial charge >= 0.3 is 11.9 Å². The topological polar surface area (TPSA) is 151 Å². The molecule has 1 aromatic rings. The highest BCUT2D eigenvalue weighted by Gasteiger charge is 2.66. The molecule has 0 saturated heterocycles. The summed E-state index contributed by atoms with van der Waals surface area (Å²) in [5, 5.41) is 31.1. The van der Waals surface area contributed by atoms with Gasteiger partial charge in [0.2, 0.25) is 11.8 Å². The third-order valence-corrected chi connectivity index (χ3v) is 24.3. The maximum absolute atomic E-state index is 13.4. The molecule has 4 N–H and O–H groups in total. The number of nitrogens with one attached hydrogen (secondary N) is 2. The maximum Gasteiger partial charge on any atom is 0.316 e. The number of rotatable bonds is 16. The second-order valence-corrected chi connectivity index (χ2v) is 27.5. The first-order valence-corrected chi connectivity index (χ1v) is 31.1. The van der Waals surface area contributed by atoms with Gasteiger partial charge < -0.3 is 30.3 Å². The molecule has 0 aromatic heterocycles. The predicted octanol–water partition coefficient (Wildman–Crippen LogP) is 11.6. The van der Waals surface area contributed by atoms with Gasteiger partial charge in [0.05, 0.1) is 12.2 Å². The molecular formula is C60H90Br2N2O8. The van der Waals surface area contributed by atoms with Crippen LogP contribution in [0.3, 0.4) is 0 Å². The number of halogens is 2. The van der Waals surface area contributed by atoms with Crippen molar-refractivity contribution in [2.24, 2.45) is 92.7 Å². The smallest absolute Gasteiger partial charge is 0.316 e. The molecule has 0 radical (unpaired) electrons. The summed E-state index contributed by atoms with van der Waals surface area (Å²) in [6, 6.07) is 8.15. The molecule has 2 amide bonds. The molecule has 0 spiro atoms. The first kappa shape index (κ1) is 54.8. The number of fused-ring (bicyclic) bond motifs is 10. The second kappa shape index (κ2) is 22.1. The minimum atomic E-state index is -0.344. The van der Waals surface area contributed by atoms with Crippen LogP contribution in [0.1, 0.15) is 181 Å². The van der Waals surface area contributed by atoms with Gasteiger partial charge in [-0.15, -0.1) is 0 Å². The molecule has 402 valence electrons. The number of benzene rings is 1. The van der Waals surface area contributed by atoms with E-state index in [1.54, 1.807) is 0 Å². The minimum absolute atomic E-state index is 0.0132. The van der Waals surface area contributed by atoms with Crippen molar-refractivity contribution >= 4 is 55.6 Å². The fourth-order valence-electron chi connectivity index (χ4n) is 19.5. The standard InChI is InChI=1S/C60H90Br2N2O8/c1-35(45-16-18-47-43-14-12-39-27-41(71-55(69)31-61)22-24-57(39,3)49(43)29-51(65)59(45,47)5)10-20-53(67)63-33-37-8-7-9-38(26-37)34-64-54(68)21-11-36(2)46-17-19-48-44-15-13-40-28-42(72-56(70)32-62)23-25-58(40,4)50(44)30-52(66)60(46,48)6/h7-9,26,35-36,39-52,65-66H,10-25,27-34H2,1-6H3,(H,63,67)(H,64,68)/t35-,36-,39?,40?,41-,42-,43+,44+,45-,46-,47+,48+,49+,50+,51+,52+,57+,58+,59-,60-/m1/s1. The quantitative estimate of drug-likeness (QED) is 0.0944. The third kappa shape index (κ3) is 10.3. The summed E-state index contributed by atoms with van der Waals surface area (Å²) in [6.07, 6.45) is 18.8. The van der Waals surface area contributed by atoms with Gasteiger partial charge in [-0.05, 0) is 219 Å². The Kier molecular flexibility index (Phi) is 16.8. The Morgan fingerprint density at radius 3 is 1.42 bits per heavy atom. The molecule has 10 nitrogen and oxygen atoms in total. The monoisotopic (exact) mass is 1120 g/mol. The van der Waals surface area contributed by atoms with Crippen LogP contribution < -0.4 is 10.6 Å². The van der Waals surface area contributed by atoms with E-state index in [0.717, 1.165) is 101 Å². The van der Waals surface area contributed by atoms with E-state index in [9.17, 15) is 29.4 Å². The third-order valence-electron chi connectivity index (χ3n) is 23.4. The van der Waals surface area contributed by atoms with Gasteiger partial charge in [-0.25, -0.2) is 0 Å². The lowest BCUT2D eigenvalue weighted by Crippen LogP contribution is -2.59. The number of alkyl halides is 2. The van der Waals surface area contributed by atoms with Crippen LogP contribution in [0.15, 0.2) is 24.3 Å². The molecule has 1 aromatic carbocycles. The van der Waals surface area contributed by atoms with Crippen molar-refractivity contribution in [3.8, 4) is 0 Å². The van der Waals surface area contributed by atoms with Crippen LogP contribution in [0.4, 0.5) is 0 Å². The zero-order valence-electron chi connectivity index (χ0n) is 44.6. The number of hydrogen-bond donors (Lipinski definition) is 4. The van der Waals surface area contributed by atoms with E-state index in [1.807, 2.05) is 18.2 Å². The first-order chi connectivity index (χ1) is 34.3. The molecule has 12 heteroatoms. The Morgan fingerprint density at radius 1 is 0.597 bits per heavy atom. The molecule has 0 bridgehead atoms. The van der Waals surface area contributed by atoms with Crippen LogP contribution in [-0.4, -0.2) is 69.0 Å². The lowest BCUT2D eigenvalue weighted by Gasteiger charge is -2.62. The van der Waals surface area contributed by atoms with Gasteiger partial charge in [0.1, 0.15) is 22.9 Å². The first-order valence-electron chi connectivity index (χ1n) is 28.8. The van der Waals surface area contributed by atoms with Gasteiger partial charge in [0.25, 0.3) is 0 Å². The SMILES string of the molecule is C[C@H](CCC(=O)NCc1cccc(CNC(=O)CC[C@@H](C)[C@H]2CC[C@H]3[C@@H]4CCC5C[C@H](OC(=O)CBr)CC[C@]5(C)[C@H]4C[C@H](O)[C@]23C)c1)[C@H]1CC[C@H]2[C@@H]3CCC4C[C@H](OC(=O)CBr)CC[C@]4(C)[C@H]3C[C@H](O)[C@]12C. The van der Waals surface area contributed by atoms with Crippen molar-refractivity contribution in [3.05, 3.63) is 35.4 Å². The van der Waals surface area contributed by atoms with Crippen LogP contribution in [0.2, 0.25) is 0 Å². The molecule has 8 aliphatic rings. The average Bonchev–Trinajstić information content (AvgIpc) is 3.93. The summed E-state index contributed by atoms with van der Waals surface area (Å²) in [5.41, 5.74) is 2.12. The van der Waals surface area contributed by atoms with Crippen molar-refractivity contribution in [1.82, 2.24) is 10.6 Å². The van der Waals surface area contributed by atoms with Crippen LogP contribution in [-0.2, 0) is 41.7 Å². The Balaban J connectivity index is 0.701. The van der Waals surface area contributed by atoms with Crippen molar-refractivity contribution in [2.75, 3.05) is 10.7 Å². The van der Waals surface area contributed by atoms with Gasteiger partial charge in [-0.1, -0.05) is 97.7 Å². The molecule has 2 unspecified atom stereocenters. The summed E-state index contributed by atoms with van der Waals surface area (Å²) in [7, 11) is 0. The predicted molar refractivity (Wildman–Crippen MR) is 287 cm³/mol. The molecule has 8 fully saturated rings. The molecule has 8 aliphatic carbocycles. The Labute approximate surface area is 448 Å². The molecule has 0 aliphatic heterocycles. The molecular weight excluding hydrogens is 1040 g/mol. The number of ether oxygens (including phenoxy) is 2. The summed E-state index contributed by atoms with van der Waals surface area (Å²) in [6.45, 7) is 15.2. The van der Waals surface area contributed by atoms with E-state index in [-0.39, 0.29) is 80.5 Å². The highest BCUT2D eigenvalue weighted by atomic mass is 79.9. The zero-order chi connectivity index (χ0) is 51.3. The summed E-state index contributed by atoms with van der Waals surface area (Å²) < 4.78 is 11.6. The normalized spacial score (nSPS) is 42.8. The van der Waals surface area contributed by atoms with E-state index in [2.05, 4.69) is 90.1 Å². The van der Waals surface area contributed by atoms with E-state index >= 15 is 0 Å². The van der Waals surface area contributed by atoms with E-state index in [4.69, 9.17) is 9.47 Å². The summed E-state index contributed by atoms with van der Waals surface area (Å²) in [5.74, 6) is 5.57. The maximum atomic E-state index is 13.4. The number of amides is 2. The fourth-order valence-corrected chi connectivity index (χ4v) is 19.7. The van der Waals surface area contributed by atoms with Crippen molar-refractivity contribution in [2.45, 2.75) is 207 Å². The van der Waals surface area contributed by atoms with Gasteiger partial charge in [-0.2, -0.15) is 0 Å². The minimum Gasteiger partial charge on any atom is -0.462 e.